The Bertz CT molecular complexity index is 889. The first kappa shape index (κ1) is 18.5. The zero-order valence-electron chi connectivity index (χ0n) is 15.0. The minimum Gasteiger partial charge on any atom is -0.396 e. The van der Waals surface area contributed by atoms with E-state index in [1.807, 2.05) is 41.2 Å². The van der Waals surface area contributed by atoms with Gasteiger partial charge in [0.25, 0.3) is 0 Å². The summed E-state index contributed by atoms with van der Waals surface area (Å²) in [6.45, 7) is 1.15. The van der Waals surface area contributed by atoms with E-state index in [2.05, 4.69) is 27.5 Å². The number of hydrogen-bond donors (Lipinski definition) is 2. The van der Waals surface area contributed by atoms with Crippen LogP contribution < -0.4 is 5.32 Å². The number of hydrogen-bond acceptors (Lipinski definition) is 4. The SMILES string of the molecule is O=C(/C=C/c1cn(Cc2ccccc2)nc1-c1cccnc1)NCCCO. The number of carbonyl (C=O) groups is 1. The second-order valence-corrected chi connectivity index (χ2v) is 6.06. The standard InChI is InChI=1S/C21H22N4O2/c26-13-5-12-23-20(27)10-9-19-16-25(15-17-6-2-1-3-7-17)24-21(19)18-8-4-11-22-14-18/h1-4,6-11,14,16,26H,5,12-13,15H2,(H,23,27)/b10-9+. The predicted octanol–water partition coefficient (Wildman–Crippen LogP) is 2.51. The van der Waals surface area contributed by atoms with Crippen LogP contribution in [-0.2, 0) is 11.3 Å². The van der Waals surface area contributed by atoms with Crippen LogP contribution in [-0.4, -0.2) is 38.9 Å². The molecule has 2 N–H and O–H groups in total. The molecule has 0 saturated heterocycles. The highest BCUT2D eigenvalue weighted by Crippen LogP contribution is 2.22. The van der Waals surface area contributed by atoms with Gasteiger partial charge in [-0.3, -0.25) is 14.5 Å². The Labute approximate surface area is 158 Å². The molecule has 3 aromatic rings. The molecule has 6 nitrogen and oxygen atoms in total. The topological polar surface area (TPSA) is 80.0 Å². The van der Waals surface area contributed by atoms with Gasteiger partial charge >= 0.3 is 0 Å². The molecule has 2 aromatic heterocycles. The third-order valence-electron chi connectivity index (χ3n) is 3.96. The van der Waals surface area contributed by atoms with Crippen LogP contribution in [0.1, 0.15) is 17.5 Å². The second-order valence-electron chi connectivity index (χ2n) is 6.06. The number of carbonyl (C=O) groups excluding carboxylic acids is 1. The van der Waals surface area contributed by atoms with Gasteiger partial charge in [0.1, 0.15) is 5.69 Å². The minimum absolute atomic E-state index is 0.0570. The number of aliphatic hydroxyl groups excluding tert-OH is 1. The molecule has 0 saturated carbocycles. The van der Waals surface area contributed by atoms with E-state index in [4.69, 9.17) is 5.11 Å². The van der Waals surface area contributed by atoms with Crippen LogP contribution in [0.25, 0.3) is 17.3 Å². The predicted molar refractivity (Wildman–Crippen MR) is 105 cm³/mol. The number of rotatable bonds is 8. The lowest BCUT2D eigenvalue weighted by Gasteiger charge is -2.01. The van der Waals surface area contributed by atoms with Gasteiger partial charge < -0.3 is 10.4 Å². The monoisotopic (exact) mass is 362 g/mol. The van der Waals surface area contributed by atoms with Gasteiger partial charge in [0.15, 0.2) is 0 Å². The summed E-state index contributed by atoms with van der Waals surface area (Å²) in [5.41, 5.74) is 3.66. The van der Waals surface area contributed by atoms with E-state index >= 15 is 0 Å². The average Bonchev–Trinajstić information content (AvgIpc) is 3.11. The summed E-state index contributed by atoms with van der Waals surface area (Å²) in [6, 6.07) is 13.9. The van der Waals surface area contributed by atoms with Crippen molar-refractivity contribution in [3.05, 3.63) is 78.3 Å². The molecule has 0 radical (unpaired) electrons. The lowest BCUT2D eigenvalue weighted by molar-refractivity contribution is -0.116. The molecule has 0 spiro atoms. The number of amides is 1. The molecule has 1 amide bonds. The maximum atomic E-state index is 11.9. The van der Waals surface area contributed by atoms with Crippen LogP contribution in [0.15, 0.2) is 67.1 Å². The van der Waals surface area contributed by atoms with E-state index in [0.717, 1.165) is 22.4 Å². The highest BCUT2D eigenvalue weighted by molar-refractivity contribution is 5.92. The molecule has 0 aliphatic rings. The van der Waals surface area contributed by atoms with E-state index < -0.39 is 0 Å². The van der Waals surface area contributed by atoms with Crippen LogP contribution >= 0.6 is 0 Å². The summed E-state index contributed by atoms with van der Waals surface area (Å²) in [7, 11) is 0. The van der Waals surface area contributed by atoms with Gasteiger partial charge in [0, 0.05) is 48.9 Å². The molecular formula is C21H22N4O2. The van der Waals surface area contributed by atoms with Gasteiger partial charge in [0.05, 0.1) is 6.54 Å². The average molecular weight is 362 g/mol. The van der Waals surface area contributed by atoms with E-state index in [9.17, 15) is 4.79 Å². The molecule has 27 heavy (non-hydrogen) atoms. The Kier molecular flexibility index (Phi) is 6.49. The Morgan fingerprint density at radius 1 is 1.19 bits per heavy atom. The molecule has 0 bridgehead atoms. The fourth-order valence-corrected chi connectivity index (χ4v) is 2.65. The second kappa shape index (κ2) is 9.45. The molecule has 0 aliphatic heterocycles. The Balaban J connectivity index is 1.83. The van der Waals surface area contributed by atoms with Gasteiger partial charge in [-0.1, -0.05) is 30.3 Å². The summed E-state index contributed by atoms with van der Waals surface area (Å²) in [5, 5.41) is 16.2. The van der Waals surface area contributed by atoms with Gasteiger partial charge in [-0.25, -0.2) is 0 Å². The van der Waals surface area contributed by atoms with Gasteiger partial charge in [-0.05, 0) is 30.2 Å². The lowest BCUT2D eigenvalue weighted by atomic mass is 10.1. The largest absolute Gasteiger partial charge is 0.396 e. The number of nitrogens with one attached hydrogen (secondary N) is 1. The van der Waals surface area contributed by atoms with Crippen LogP contribution in [0.5, 0.6) is 0 Å². The third kappa shape index (κ3) is 5.36. The van der Waals surface area contributed by atoms with E-state index in [0.29, 0.717) is 19.5 Å². The van der Waals surface area contributed by atoms with Crippen molar-refractivity contribution >= 4 is 12.0 Å². The number of pyridine rings is 1. The fraction of sp³-hybridized carbons (Fsp3) is 0.190. The van der Waals surface area contributed by atoms with Crippen molar-refractivity contribution in [2.75, 3.05) is 13.2 Å². The molecule has 3 rings (SSSR count). The zero-order valence-corrected chi connectivity index (χ0v) is 15.0. The van der Waals surface area contributed by atoms with Crippen molar-refractivity contribution < 1.29 is 9.90 Å². The first-order valence-electron chi connectivity index (χ1n) is 8.85. The lowest BCUT2D eigenvalue weighted by Crippen LogP contribution is -2.22. The van der Waals surface area contributed by atoms with E-state index in [1.54, 1.807) is 18.5 Å². The third-order valence-corrected chi connectivity index (χ3v) is 3.96. The number of aromatic nitrogens is 3. The molecular weight excluding hydrogens is 340 g/mol. The fourth-order valence-electron chi connectivity index (χ4n) is 2.65. The van der Waals surface area contributed by atoms with Crippen LogP contribution in [0.3, 0.4) is 0 Å². The van der Waals surface area contributed by atoms with Crippen LogP contribution in [0, 0.1) is 0 Å². The van der Waals surface area contributed by atoms with Gasteiger partial charge in [0.2, 0.25) is 5.91 Å². The van der Waals surface area contributed by atoms with E-state index in [-0.39, 0.29) is 12.5 Å². The Morgan fingerprint density at radius 2 is 2.04 bits per heavy atom. The number of aliphatic hydroxyl groups is 1. The highest BCUT2D eigenvalue weighted by Gasteiger charge is 2.10. The van der Waals surface area contributed by atoms with Gasteiger partial charge in [-0.2, -0.15) is 5.10 Å². The summed E-state index contributed by atoms with van der Waals surface area (Å²) < 4.78 is 1.86. The Morgan fingerprint density at radius 3 is 2.78 bits per heavy atom. The highest BCUT2D eigenvalue weighted by atomic mass is 16.3. The number of nitrogens with zero attached hydrogens (tertiary/aromatic N) is 3. The minimum atomic E-state index is -0.198. The first-order valence-corrected chi connectivity index (χ1v) is 8.85. The maximum Gasteiger partial charge on any atom is 0.244 e. The summed E-state index contributed by atoms with van der Waals surface area (Å²) in [6.07, 6.45) is 9.18. The van der Waals surface area contributed by atoms with Crippen LogP contribution in [0.4, 0.5) is 0 Å². The van der Waals surface area contributed by atoms with Crippen molar-refractivity contribution in [1.29, 1.82) is 0 Å². The molecule has 6 heteroatoms. The van der Waals surface area contributed by atoms with E-state index in [1.165, 1.54) is 6.08 Å². The van der Waals surface area contributed by atoms with Crippen molar-refractivity contribution in [3.8, 4) is 11.3 Å². The molecule has 0 unspecified atom stereocenters. The quantitative estimate of drug-likeness (QED) is 0.477. The smallest absolute Gasteiger partial charge is 0.244 e. The molecule has 138 valence electrons. The zero-order chi connectivity index (χ0) is 18.9. The first-order chi connectivity index (χ1) is 13.3. The number of benzene rings is 1. The summed E-state index contributed by atoms with van der Waals surface area (Å²) in [4.78, 5) is 16.1. The summed E-state index contributed by atoms with van der Waals surface area (Å²) in [5.74, 6) is -0.198. The van der Waals surface area contributed by atoms with Crippen molar-refractivity contribution in [2.45, 2.75) is 13.0 Å². The molecule has 0 atom stereocenters. The summed E-state index contributed by atoms with van der Waals surface area (Å²) >= 11 is 0. The molecule has 0 fully saturated rings. The maximum absolute atomic E-state index is 11.9. The molecule has 2 heterocycles. The van der Waals surface area contributed by atoms with Crippen molar-refractivity contribution in [2.24, 2.45) is 0 Å². The molecule has 0 aliphatic carbocycles. The molecule has 1 aromatic carbocycles. The van der Waals surface area contributed by atoms with Crippen molar-refractivity contribution in [1.82, 2.24) is 20.1 Å². The van der Waals surface area contributed by atoms with Gasteiger partial charge in [-0.15, -0.1) is 0 Å². The van der Waals surface area contributed by atoms with Crippen molar-refractivity contribution in [3.63, 3.8) is 0 Å². The van der Waals surface area contributed by atoms with Crippen LogP contribution in [0.2, 0.25) is 0 Å². The Hall–Kier alpha value is -3.25. The normalized spacial score (nSPS) is 11.0.